The molecular weight excluding hydrogens is 280 g/mol. The molecule has 0 radical (unpaired) electrons. The minimum absolute atomic E-state index is 0.0283. The van der Waals surface area contributed by atoms with Crippen LogP contribution in [-0.2, 0) is 9.59 Å². The lowest BCUT2D eigenvalue weighted by Crippen LogP contribution is -2.40. The molecule has 5 heteroatoms. The Kier molecular flexibility index (Phi) is 4.32. The Labute approximate surface area is 130 Å². The summed E-state index contributed by atoms with van der Waals surface area (Å²) in [4.78, 5) is 28.4. The van der Waals surface area contributed by atoms with Crippen molar-refractivity contribution in [3.8, 4) is 5.75 Å². The monoisotopic (exact) mass is 302 g/mol. The summed E-state index contributed by atoms with van der Waals surface area (Å²) in [7, 11) is 1.61. The van der Waals surface area contributed by atoms with Crippen molar-refractivity contribution in [2.75, 3.05) is 31.6 Å². The number of carbonyl (C=O) groups is 2. The molecule has 3 rings (SSSR count). The van der Waals surface area contributed by atoms with E-state index in [0.29, 0.717) is 13.0 Å². The van der Waals surface area contributed by atoms with Crippen LogP contribution in [0.5, 0.6) is 5.75 Å². The normalized spacial score (nSPS) is 22.0. The van der Waals surface area contributed by atoms with Crippen LogP contribution in [0.2, 0.25) is 0 Å². The average Bonchev–Trinajstić information content (AvgIpc) is 2.97. The highest BCUT2D eigenvalue weighted by molar-refractivity contribution is 6.00. The Hall–Kier alpha value is -2.04. The highest BCUT2D eigenvalue weighted by Gasteiger charge is 2.37. The predicted molar refractivity (Wildman–Crippen MR) is 83.9 cm³/mol. The summed E-state index contributed by atoms with van der Waals surface area (Å²) in [5, 5.41) is 0. The average molecular weight is 302 g/mol. The molecule has 0 unspecified atom stereocenters. The zero-order valence-corrected chi connectivity index (χ0v) is 13.0. The summed E-state index contributed by atoms with van der Waals surface area (Å²) >= 11 is 0. The highest BCUT2D eigenvalue weighted by atomic mass is 16.5. The maximum atomic E-state index is 12.6. The fourth-order valence-corrected chi connectivity index (χ4v) is 3.26. The molecule has 1 atom stereocenters. The van der Waals surface area contributed by atoms with E-state index in [1.807, 2.05) is 29.2 Å². The van der Waals surface area contributed by atoms with Crippen molar-refractivity contribution < 1.29 is 14.3 Å². The lowest BCUT2D eigenvalue weighted by Gasteiger charge is -2.29. The number of carbonyl (C=O) groups excluding carboxylic acids is 2. The molecule has 22 heavy (non-hydrogen) atoms. The summed E-state index contributed by atoms with van der Waals surface area (Å²) < 4.78 is 5.13. The molecule has 2 fully saturated rings. The van der Waals surface area contributed by atoms with Gasteiger partial charge in [-0.3, -0.25) is 9.59 Å². The van der Waals surface area contributed by atoms with Crippen LogP contribution in [-0.4, -0.2) is 43.5 Å². The van der Waals surface area contributed by atoms with Crippen molar-refractivity contribution in [3.05, 3.63) is 24.3 Å². The van der Waals surface area contributed by atoms with Gasteiger partial charge < -0.3 is 14.5 Å². The van der Waals surface area contributed by atoms with E-state index < -0.39 is 0 Å². The number of hydrogen-bond donors (Lipinski definition) is 0. The SMILES string of the molecule is COc1ccc(N2C[C@H](C(=O)N3CCCCC3)CC2=O)cc1. The second-order valence-corrected chi connectivity index (χ2v) is 5.99. The highest BCUT2D eigenvalue weighted by Crippen LogP contribution is 2.28. The summed E-state index contributed by atoms with van der Waals surface area (Å²) in [6.07, 6.45) is 3.68. The summed E-state index contributed by atoms with van der Waals surface area (Å²) in [5.74, 6) is 0.730. The quantitative estimate of drug-likeness (QED) is 0.859. The number of hydrogen-bond acceptors (Lipinski definition) is 3. The van der Waals surface area contributed by atoms with E-state index in [-0.39, 0.29) is 17.7 Å². The first-order valence-corrected chi connectivity index (χ1v) is 7.92. The Morgan fingerprint density at radius 1 is 1.14 bits per heavy atom. The fourth-order valence-electron chi connectivity index (χ4n) is 3.26. The van der Waals surface area contributed by atoms with Gasteiger partial charge in [-0.15, -0.1) is 0 Å². The number of methoxy groups -OCH3 is 1. The number of ether oxygens (including phenoxy) is 1. The first-order chi connectivity index (χ1) is 10.7. The third-order valence-corrected chi connectivity index (χ3v) is 4.53. The number of likely N-dealkylation sites (tertiary alicyclic amines) is 1. The maximum Gasteiger partial charge on any atom is 0.228 e. The molecule has 0 N–H and O–H groups in total. The van der Waals surface area contributed by atoms with Crippen molar-refractivity contribution in [1.29, 1.82) is 0 Å². The van der Waals surface area contributed by atoms with Crippen molar-refractivity contribution in [2.24, 2.45) is 5.92 Å². The Morgan fingerprint density at radius 3 is 2.45 bits per heavy atom. The van der Waals surface area contributed by atoms with Crippen LogP contribution in [0.1, 0.15) is 25.7 Å². The van der Waals surface area contributed by atoms with Crippen LogP contribution in [0, 0.1) is 5.92 Å². The summed E-state index contributed by atoms with van der Waals surface area (Å²) in [6, 6.07) is 7.40. The number of nitrogens with zero attached hydrogens (tertiary/aromatic N) is 2. The van der Waals surface area contributed by atoms with Crippen molar-refractivity contribution in [3.63, 3.8) is 0 Å². The minimum atomic E-state index is -0.201. The van der Waals surface area contributed by atoms with Crippen LogP contribution >= 0.6 is 0 Å². The smallest absolute Gasteiger partial charge is 0.228 e. The summed E-state index contributed by atoms with van der Waals surface area (Å²) in [6.45, 7) is 2.17. The van der Waals surface area contributed by atoms with Gasteiger partial charge in [-0.2, -0.15) is 0 Å². The van der Waals surface area contributed by atoms with Gasteiger partial charge in [0.1, 0.15) is 5.75 Å². The van der Waals surface area contributed by atoms with Crippen LogP contribution < -0.4 is 9.64 Å². The molecule has 5 nitrogen and oxygen atoms in total. The lowest BCUT2D eigenvalue weighted by atomic mass is 10.0. The molecule has 0 saturated carbocycles. The van der Waals surface area contributed by atoms with Crippen LogP contribution in [0.25, 0.3) is 0 Å². The second kappa shape index (κ2) is 6.38. The molecule has 0 aromatic heterocycles. The minimum Gasteiger partial charge on any atom is -0.497 e. The van der Waals surface area contributed by atoms with E-state index in [1.165, 1.54) is 6.42 Å². The van der Waals surface area contributed by atoms with Crippen LogP contribution in [0.15, 0.2) is 24.3 Å². The van der Waals surface area contributed by atoms with Crippen molar-refractivity contribution in [2.45, 2.75) is 25.7 Å². The van der Waals surface area contributed by atoms with Crippen molar-refractivity contribution in [1.82, 2.24) is 4.90 Å². The van der Waals surface area contributed by atoms with Gasteiger partial charge in [-0.1, -0.05) is 0 Å². The van der Waals surface area contributed by atoms with Gasteiger partial charge in [-0.25, -0.2) is 0 Å². The molecule has 0 spiro atoms. The van der Waals surface area contributed by atoms with E-state index >= 15 is 0 Å². The van der Waals surface area contributed by atoms with Gasteiger partial charge in [0.2, 0.25) is 11.8 Å². The molecule has 2 heterocycles. The number of benzene rings is 1. The maximum absolute atomic E-state index is 12.6. The molecule has 0 aliphatic carbocycles. The zero-order valence-electron chi connectivity index (χ0n) is 13.0. The van der Waals surface area contributed by atoms with Crippen LogP contribution in [0.4, 0.5) is 5.69 Å². The number of anilines is 1. The number of amides is 2. The van der Waals surface area contributed by atoms with Gasteiger partial charge in [-0.05, 0) is 43.5 Å². The molecule has 2 aliphatic heterocycles. The molecular formula is C17H22N2O3. The van der Waals surface area contributed by atoms with Gasteiger partial charge in [0.05, 0.1) is 13.0 Å². The summed E-state index contributed by atoms with van der Waals surface area (Å²) in [5.41, 5.74) is 0.833. The molecule has 1 aromatic carbocycles. The first kappa shape index (κ1) is 14.9. The second-order valence-electron chi connectivity index (χ2n) is 5.99. The third-order valence-electron chi connectivity index (χ3n) is 4.53. The fraction of sp³-hybridized carbons (Fsp3) is 0.529. The van der Waals surface area contributed by atoms with Crippen molar-refractivity contribution >= 4 is 17.5 Å². The zero-order chi connectivity index (χ0) is 15.5. The number of rotatable bonds is 3. The molecule has 1 aromatic rings. The van der Waals surface area contributed by atoms with Gasteiger partial charge in [0, 0.05) is 31.7 Å². The standard InChI is InChI=1S/C17H22N2O3/c1-22-15-7-5-14(6-8-15)19-12-13(11-16(19)20)17(21)18-9-3-2-4-10-18/h5-8,13H,2-4,9-12H2,1H3/t13-/m1/s1. The van der Waals surface area contributed by atoms with E-state index in [1.54, 1.807) is 12.0 Å². The topological polar surface area (TPSA) is 49.9 Å². The first-order valence-electron chi connectivity index (χ1n) is 7.92. The Bertz CT molecular complexity index is 550. The van der Waals surface area contributed by atoms with E-state index in [0.717, 1.165) is 37.4 Å². The lowest BCUT2D eigenvalue weighted by molar-refractivity contribution is -0.136. The van der Waals surface area contributed by atoms with E-state index in [2.05, 4.69) is 0 Å². The van der Waals surface area contributed by atoms with E-state index in [9.17, 15) is 9.59 Å². The molecule has 118 valence electrons. The van der Waals surface area contributed by atoms with Crippen LogP contribution in [0.3, 0.4) is 0 Å². The molecule has 2 aliphatic rings. The number of piperidine rings is 1. The van der Waals surface area contributed by atoms with Gasteiger partial charge >= 0.3 is 0 Å². The largest absolute Gasteiger partial charge is 0.497 e. The molecule has 2 amide bonds. The van der Waals surface area contributed by atoms with E-state index in [4.69, 9.17) is 4.74 Å². The van der Waals surface area contributed by atoms with Gasteiger partial charge in [0.25, 0.3) is 0 Å². The van der Waals surface area contributed by atoms with Gasteiger partial charge in [0.15, 0.2) is 0 Å². The predicted octanol–water partition coefficient (Wildman–Crippen LogP) is 2.06. The Balaban J connectivity index is 1.68. The Morgan fingerprint density at radius 2 is 1.82 bits per heavy atom. The molecule has 0 bridgehead atoms. The third kappa shape index (κ3) is 2.93. The molecule has 2 saturated heterocycles.